The lowest BCUT2D eigenvalue weighted by Gasteiger charge is -2.18. The van der Waals surface area contributed by atoms with E-state index in [1.54, 1.807) is 24.3 Å². The third-order valence-electron chi connectivity index (χ3n) is 1.28. The summed E-state index contributed by atoms with van der Waals surface area (Å²) in [5, 5.41) is 0. The van der Waals surface area contributed by atoms with Crippen LogP contribution in [0, 0.1) is 0 Å². The molecule has 0 aliphatic carbocycles. The van der Waals surface area contributed by atoms with Crippen LogP contribution in [0.2, 0.25) is 0 Å². The molecule has 0 heterocycles. The molecule has 1 aromatic carbocycles. The van der Waals surface area contributed by atoms with Crippen molar-refractivity contribution < 1.29 is 9.53 Å². The first kappa shape index (κ1) is 10.5. The molecule has 0 saturated carbocycles. The second-order valence-electron chi connectivity index (χ2n) is 2.30. The number of ether oxygens (including phenoxy) is 1. The molecule has 0 aliphatic rings. The number of halogens is 2. The third kappa shape index (κ3) is 3.00. The average molecular weight is 309 g/mol. The maximum Gasteiger partial charge on any atom is 0.295 e. The maximum atomic E-state index is 10.8. The molecule has 0 unspecified atom stereocenters. The Kier molecular flexibility index (Phi) is 3.33. The van der Waals surface area contributed by atoms with Crippen LogP contribution in [0.25, 0.3) is 0 Å². The van der Waals surface area contributed by atoms with Gasteiger partial charge in [0, 0.05) is 0 Å². The number of para-hydroxylation sites is 1. The number of alkyl halides is 2. The number of hydrogen-bond acceptors (Lipinski definition) is 2. The molecule has 5 heteroatoms. The summed E-state index contributed by atoms with van der Waals surface area (Å²) < 4.78 is 3.89. The first-order chi connectivity index (χ1) is 6.02. The molecule has 0 atom stereocenters. The van der Waals surface area contributed by atoms with Crippen LogP contribution in [-0.4, -0.2) is 9.33 Å². The average Bonchev–Trinajstić information content (AvgIpc) is 2.05. The zero-order valence-corrected chi connectivity index (χ0v) is 9.71. The number of primary amides is 1. The van der Waals surface area contributed by atoms with E-state index in [0.29, 0.717) is 5.75 Å². The molecule has 0 aliphatic heterocycles. The van der Waals surface area contributed by atoms with Crippen LogP contribution >= 0.6 is 31.9 Å². The molecule has 3 nitrogen and oxygen atoms in total. The van der Waals surface area contributed by atoms with E-state index in [1.807, 2.05) is 6.07 Å². The highest BCUT2D eigenvalue weighted by Gasteiger charge is 2.32. The van der Waals surface area contributed by atoms with Crippen molar-refractivity contribution in [3.05, 3.63) is 30.3 Å². The molecule has 0 saturated heterocycles. The molecular formula is C8H7Br2NO2. The van der Waals surface area contributed by atoms with E-state index < -0.39 is 9.33 Å². The van der Waals surface area contributed by atoms with Crippen LogP contribution in [0.3, 0.4) is 0 Å². The molecule has 70 valence electrons. The van der Waals surface area contributed by atoms with Crippen LogP contribution in [-0.2, 0) is 4.79 Å². The monoisotopic (exact) mass is 307 g/mol. The van der Waals surface area contributed by atoms with Crippen molar-refractivity contribution >= 4 is 37.8 Å². The van der Waals surface area contributed by atoms with Crippen molar-refractivity contribution in [1.82, 2.24) is 0 Å². The Bertz CT molecular complexity index is 300. The Balaban J connectivity index is 2.75. The van der Waals surface area contributed by atoms with Gasteiger partial charge in [-0.2, -0.15) is 0 Å². The quantitative estimate of drug-likeness (QED) is 0.868. The van der Waals surface area contributed by atoms with Gasteiger partial charge < -0.3 is 10.5 Å². The first-order valence-corrected chi connectivity index (χ1v) is 5.03. The van der Waals surface area contributed by atoms with Crippen LogP contribution < -0.4 is 10.5 Å². The van der Waals surface area contributed by atoms with Gasteiger partial charge in [0.2, 0.25) is 0 Å². The lowest BCUT2D eigenvalue weighted by Crippen LogP contribution is -2.37. The van der Waals surface area contributed by atoms with E-state index in [4.69, 9.17) is 10.5 Å². The molecule has 13 heavy (non-hydrogen) atoms. The minimum Gasteiger partial charge on any atom is -0.457 e. The minimum absolute atomic E-state index is 0.551. The maximum absolute atomic E-state index is 10.8. The van der Waals surface area contributed by atoms with E-state index in [9.17, 15) is 4.79 Å². The van der Waals surface area contributed by atoms with Crippen LogP contribution in [0.15, 0.2) is 30.3 Å². The summed E-state index contributed by atoms with van der Waals surface area (Å²) in [5.74, 6) is -0.0913. The highest BCUT2D eigenvalue weighted by atomic mass is 79.9. The fourth-order valence-electron chi connectivity index (χ4n) is 0.687. The van der Waals surface area contributed by atoms with Gasteiger partial charge in [0.1, 0.15) is 5.75 Å². The van der Waals surface area contributed by atoms with Gasteiger partial charge in [-0.3, -0.25) is 4.79 Å². The highest BCUT2D eigenvalue weighted by Crippen LogP contribution is 2.29. The molecule has 1 rings (SSSR count). The molecule has 1 aromatic rings. The molecule has 1 amide bonds. The predicted octanol–water partition coefficient (Wildman–Crippen LogP) is 1.99. The van der Waals surface area contributed by atoms with E-state index in [1.165, 1.54) is 0 Å². The zero-order chi connectivity index (χ0) is 9.90. The van der Waals surface area contributed by atoms with Crippen LogP contribution in [0.1, 0.15) is 0 Å². The zero-order valence-electron chi connectivity index (χ0n) is 6.54. The van der Waals surface area contributed by atoms with Gasteiger partial charge in [-0.05, 0) is 44.0 Å². The largest absolute Gasteiger partial charge is 0.457 e. The number of rotatable bonds is 3. The fourth-order valence-corrected chi connectivity index (χ4v) is 1.06. The lowest BCUT2D eigenvalue weighted by atomic mass is 10.3. The van der Waals surface area contributed by atoms with Crippen molar-refractivity contribution in [3.8, 4) is 5.75 Å². The Hall–Kier alpha value is -0.550. The Labute approximate surface area is 92.5 Å². The number of hydrogen-bond donors (Lipinski definition) is 1. The van der Waals surface area contributed by atoms with Gasteiger partial charge in [-0.15, -0.1) is 0 Å². The van der Waals surface area contributed by atoms with Crippen molar-refractivity contribution in [1.29, 1.82) is 0 Å². The summed E-state index contributed by atoms with van der Waals surface area (Å²) in [6.07, 6.45) is 0. The third-order valence-corrected chi connectivity index (χ3v) is 2.38. The first-order valence-electron chi connectivity index (χ1n) is 3.44. The van der Waals surface area contributed by atoms with Gasteiger partial charge in [-0.1, -0.05) is 18.2 Å². The van der Waals surface area contributed by atoms with E-state index in [-0.39, 0.29) is 0 Å². The van der Waals surface area contributed by atoms with Gasteiger partial charge >= 0.3 is 0 Å². The Morgan fingerprint density at radius 3 is 2.31 bits per heavy atom. The number of benzene rings is 1. The lowest BCUT2D eigenvalue weighted by molar-refractivity contribution is -0.122. The van der Waals surface area contributed by atoms with Gasteiger partial charge in [0.25, 0.3) is 9.33 Å². The summed E-state index contributed by atoms with van der Waals surface area (Å²) in [5.41, 5.74) is 5.06. The van der Waals surface area contributed by atoms with Crippen molar-refractivity contribution in [2.75, 3.05) is 0 Å². The molecule has 0 radical (unpaired) electrons. The smallest absolute Gasteiger partial charge is 0.295 e. The van der Waals surface area contributed by atoms with Crippen molar-refractivity contribution in [2.24, 2.45) is 5.73 Å². The summed E-state index contributed by atoms with van der Waals surface area (Å²) in [4.78, 5) is 10.8. The van der Waals surface area contributed by atoms with E-state index in [2.05, 4.69) is 31.9 Å². The number of carbonyl (C=O) groups is 1. The number of carbonyl (C=O) groups excluding carboxylic acids is 1. The molecule has 0 spiro atoms. The Morgan fingerprint density at radius 2 is 1.85 bits per heavy atom. The summed E-state index contributed by atoms with van der Waals surface area (Å²) >= 11 is 6.01. The second kappa shape index (κ2) is 4.11. The van der Waals surface area contributed by atoms with Crippen molar-refractivity contribution in [3.63, 3.8) is 0 Å². The standard InChI is InChI=1S/C8H7Br2NO2/c9-8(10,7(11)12)13-6-4-2-1-3-5-6/h1-5H,(H2,11,12). The van der Waals surface area contributed by atoms with Gasteiger partial charge in [-0.25, -0.2) is 0 Å². The van der Waals surface area contributed by atoms with Crippen molar-refractivity contribution in [2.45, 2.75) is 3.42 Å². The van der Waals surface area contributed by atoms with Gasteiger partial charge in [0.05, 0.1) is 0 Å². The normalized spacial score (nSPS) is 10.9. The topological polar surface area (TPSA) is 52.3 Å². The van der Waals surface area contributed by atoms with Gasteiger partial charge in [0.15, 0.2) is 0 Å². The summed E-state index contributed by atoms with van der Waals surface area (Å²) in [6, 6.07) is 8.89. The van der Waals surface area contributed by atoms with E-state index >= 15 is 0 Å². The highest BCUT2D eigenvalue weighted by molar-refractivity contribution is 9.25. The number of nitrogens with two attached hydrogens (primary N) is 1. The fraction of sp³-hybridized carbons (Fsp3) is 0.125. The predicted molar refractivity (Wildman–Crippen MR) is 56.8 cm³/mol. The van der Waals surface area contributed by atoms with E-state index in [0.717, 1.165) is 0 Å². The number of amides is 1. The molecular weight excluding hydrogens is 302 g/mol. The Morgan fingerprint density at radius 1 is 1.31 bits per heavy atom. The summed E-state index contributed by atoms with van der Waals surface area (Å²) in [6.45, 7) is 0. The van der Waals surface area contributed by atoms with Crippen LogP contribution in [0.5, 0.6) is 5.75 Å². The molecule has 0 bridgehead atoms. The molecule has 0 fully saturated rings. The molecule has 2 N–H and O–H groups in total. The van der Waals surface area contributed by atoms with Crippen LogP contribution in [0.4, 0.5) is 0 Å². The summed E-state index contributed by atoms with van der Waals surface area (Å²) in [7, 11) is 0. The SMILES string of the molecule is NC(=O)C(Br)(Br)Oc1ccccc1. The molecule has 0 aromatic heterocycles. The second-order valence-corrected chi connectivity index (χ2v) is 5.59. The minimum atomic E-state index is -1.33.